The van der Waals surface area contributed by atoms with E-state index < -0.39 is 0 Å². The summed E-state index contributed by atoms with van der Waals surface area (Å²) in [5.74, 6) is 1.86. The van der Waals surface area contributed by atoms with Gasteiger partial charge in [0.25, 0.3) is 0 Å². The van der Waals surface area contributed by atoms with Gasteiger partial charge >= 0.3 is 0 Å². The van der Waals surface area contributed by atoms with Crippen LogP contribution in [0.2, 0.25) is 0 Å². The van der Waals surface area contributed by atoms with E-state index in [1.165, 1.54) is 18.4 Å². The molecule has 1 saturated carbocycles. The number of fused-ring (bicyclic) bond motifs is 1. The maximum absolute atomic E-state index is 6.13. The molecular weight excluding hydrogens is 477 g/mol. The van der Waals surface area contributed by atoms with Gasteiger partial charge in [0.2, 0.25) is 0 Å². The van der Waals surface area contributed by atoms with Crippen LogP contribution in [0.4, 0.5) is 0 Å². The van der Waals surface area contributed by atoms with Crippen molar-refractivity contribution in [1.82, 2.24) is 20.0 Å². The molecule has 162 valence electrons. The predicted molar refractivity (Wildman–Crippen MR) is 129 cm³/mol. The molecule has 3 atom stereocenters. The van der Waals surface area contributed by atoms with Gasteiger partial charge in [-0.25, -0.2) is 0 Å². The van der Waals surface area contributed by atoms with E-state index >= 15 is 0 Å². The number of hydrogen-bond acceptors (Lipinski definition) is 4. The zero-order valence-electron chi connectivity index (χ0n) is 18.0. The average Bonchev–Trinajstić information content (AvgIpc) is 3.43. The highest BCUT2D eigenvalue weighted by Gasteiger charge is 2.41. The molecular formula is C22H36IN5O. The number of halogens is 1. The summed E-state index contributed by atoms with van der Waals surface area (Å²) in [5, 5.41) is 3.65. The minimum absolute atomic E-state index is 0. The summed E-state index contributed by atoms with van der Waals surface area (Å²) in [5.41, 5.74) is 1.38. The first-order chi connectivity index (χ1) is 13.7. The Kier molecular flexibility index (Phi) is 8.18. The zero-order valence-corrected chi connectivity index (χ0v) is 20.3. The molecule has 0 amide bonds. The number of ether oxygens (including phenoxy) is 1. The Labute approximate surface area is 192 Å². The quantitative estimate of drug-likeness (QED) is 0.359. The van der Waals surface area contributed by atoms with Crippen LogP contribution in [0.5, 0.6) is 0 Å². The van der Waals surface area contributed by atoms with Gasteiger partial charge in [0.05, 0.1) is 18.8 Å². The lowest BCUT2D eigenvalue weighted by Crippen LogP contribution is -2.50. The van der Waals surface area contributed by atoms with Crippen LogP contribution >= 0.6 is 24.0 Å². The first kappa shape index (κ1) is 22.8. The third kappa shape index (κ3) is 5.62. The number of rotatable bonds is 6. The molecule has 0 bridgehead atoms. The van der Waals surface area contributed by atoms with Crippen molar-refractivity contribution in [3.63, 3.8) is 0 Å². The van der Waals surface area contributed by atoms with Gasteiger partial charge < -0.3 is 19.9 Å². The number of likely N-dealkylation sites (tertiary alicyclic amines) is 1. The minimum atomic E-state index is 0. The lowest BCUT2D eigenvalue weighted by atomic mass is 10.1. The molecule has 7 heteroatoms. The largest absolute Gasteiger partial charge is 0.373 e. The van der Waals surface area contributed by atoms with Gasteiger partial charge in [-0.3, -0.25) is 9.89 Å². The van der Waals surface area contributed by atoms with Gasteiger partial charge in [0.15, 0.2) is 5.96 Å². The Morgan fingerprint density at radius 2 is 2.00 bits per heavy atom. The number of hydrogen-bond donors (Lipinski definition) is 1. The van der Waals surface area contributed by atoms with Crippen LogP contribution in [-0.4, -0.2) is 92.8 Å². The van der Waals surface area contributed by atoms with E-state index in [4.69, 9.17) is 4.74 Å². The number of aliphatic imine (C=N–C) groups is 1. The molecule has 3 aliphatic rings. The zero-order chi connectivity index (χ0) is 19.5. The Hall–Kier alpha value is -0.900. The van der Waals surface area contributed by atoms with E-state index in [0.29, 0.717) is 12.1 Å². The van der Waals surface area contributed by atoms with E-state index in [9.17, 15) is 0 Å². The summed E-state index contributed by atoms with van der Waals surface area (Å²) in [6, 6.07) is 11.8. The number of nitrogens with one attached hydrogen (secondary N) is 1. The van der Waals surface area contributed by atoms with Gasteiger partial charge in [-0.15, -0.1) is 24.0 Å². The van der Waals surface area contributed by atoms with Gasteiger partial charge in [0, 0.05) is 45.8 Å². The van der Waals surface area contributed by atoms with Crippen LogP contribution in [0.15, 0.2) is 35.3 Å². The van der Waals surface area contributed by atoms with E-state index in [2.05, 4.69) is 69.4 Å². The molecule has 3 fully saturated rings. The van der Waals surface area contributed by atoms with Gasteiger partial charge in [-0.1, -0.05) is 30.3 Å². The molecule has 1 aromatic rings. The summed E-state index contributed by atoms with van der Waals surface area (Å²) in [6.07, 6.45) is 2.99. The fourth-order valence-electron chi connectivity index (χ4n) is 4.73. The third-order valence-corrected chi connectivity index (χ3v) is 6.45. The van der Waals surface area contributed by atoms with Gasteiger partial charge in [-0.2, -0.15) is 0 Å². The molecule has 2 saturated heterocycles. The Morgan fingerprint density at radius 1 is 1.24 bits per heavy atom. The number of benzene rings is 1. The first-order valence-electron chi connectivity index (χ1n) is 10.7. The highest BCUT2D eigenvalue weighted by atomic mass is 127. The van der Waals surface area contributed by atoms with Crippen LogP contribution < -0.4 is 5.32 Å². The lowest BCUT2D eigenvalue weighted by molar-refractivity contribution is -0.0502. The number of nitrogens with zero attached hydrogens (tertiary/aromatic N) is 4. The van der Waals surface area contributed by atoms with Crippen LogP contribution in [0.3, 0.4) is 0 Å². The molecule has 2 aliphatic heterocycles. The second-order valence-electron chi connectivity index (χ2n) is 8.63. The summed E-state index contributed by atoms with van der Waals surface area (Å²) >= 11 is 0. The summed E-state index contributed by atoms with van der Waals surface area (Å²) < 4.78 is 6.13. The second-order valence-corrected chi connectivity index (χ2v) is 8.63. The summed E-state index contributed by atoms with van der Waals surface area (Å²) in [6.45, 7) is 5.68. The fraction of sp³-hybridized carbons (Fsp3) is 0.682. The summed E-state index contributed by atoms with van der Waals surface area (Å²) in [4.78, 5) is 11.9. The Bertz CT molecular complexity index is 664. The molecule has 0 aromatic heterocycles. The molecule has 4 rings (SSSR count). The number of guanidine groups is 1. The Morgan fingerprint density at radius 3 is 2.66 bits per heavy atom. The number of likely N-dealkylation sites (N-methyl/N-ethyl adjacent to an activating group) is 1. The normalized spacial score (nSPS) is 26.2. The maximum atomic E-state index is 6.13. The molecule has 1 aromatic carbocycles. The molecule has 1 aliphatic carbocycles. The molecule has 29 heavy (non-hydrogen) atoms. The van der Waals surface area contributed by atoms with Gasteiger partial charge in [-0.05, 0) is 38.4 Å². The van der Waals surface area contributed by atoms with E-state index in [1.54, 1.807) is 0 Å². The topological polar surface area (TPSA) is 43.3 Å². The second kappa shape index (κ2) is 10.4. The van der Waals surface area contributed by atoms with E-state index in [0.717, 1.165) is 51.2 Å². The van der Waals surface area contributed by atoms with E-state index in [1.807, 2.05) is 7.05 Å². The lowest BCUT2D eigenvalue weighted by Gasteiger charge is -2.36. The number of morpholine rings is 1. The highest BCUT2D eigenvalue weighted by molar-refractivity contribution is 14.0. The molecule has 0 spiro atoms. The highest BCUT2D eigenvalue weighted by Crippen LogP contribution is 2.34. The molecule has 2 heterocycles. The van der Waals surface area contributed by atoms with Crippen LogP contribution in [0.1, 0.15) is 18.4 Å². The monoisotopic (exact) mass is 513 g/mol. The van der Waals surface area contributed by atoms with E-state index in [-0.39, 0.29) is 30.1 Å². The summed E-state index contributed by atoms with van der Waals surface area (Å²) in [7, 11) is 6.27. The van der Waals surface area contributed by atoms with Crippen molar-refractivity contribution in [3.05, 3.63) is 35.9 Å². The van der Waals surface area contributed by atoms with Gasteiger partial charge in [0.1, 0.15) is 0 Å². The average molecular weight is 513 g/mol. The van der Waals surface area contributed by atoms with Crippen molar-refractivity contribution in [2.24, 2.45) is 10.9 Å². The predicted octanol–water partition coefficient (Wildman–Crippen LogP) is 2.11. The van der Waals surface area contributed by atoms with Crippen molar-refractivity contribution in [1.29, 1.82) is 0 Å². The van der Waals surface area contributed by atoms with Crippen LogP contribution in [0, 0.1) is 5.92 Å². The third-order valence-electron chi connectivity index (χ3n) is 6.45. The molecule has 0 radical (unpaired) electrons. The van der Waals surface area contributed by atoms with Crippen LogP contribution in [0.25, 0.3) is 0 Å². The minimum Gasteiger partial charge on any atom is -0.373 e. The van der Waals surface area contributed by atoms with Crippen LogP contribution in [-0.2, 0) is 11.3 Å². The SMILES string of the molecule is CN=C(NCC(C1CC1)N(C)C)N1CC2OCCN(Cc3ccccc3)C2C1.I. The smallest absolute Gasteiger partial charge is 0.193 e. The first-order valence-corrected chi connectivity index (χ1v) is 10.7. The molecule has 1 N–H and O–H groups in total. The van der Waals surface area contributed by atoms with Crippen molar-refractivity contribution >= 4 is 29.9 Å². The standard InChI is InChI=1S/C22H35N5O.HI/c1-23-22(24-13-19(25(2)3)18-9-10-18)27-15-20-21(16-27)28-12-11-26(20)14-17-7-5-4-6-8-17;/h4-8,18-21H,9-16H2,1-3H3,(H,23,24);1H. The van der Waals surface area contributed by atoms with Crippen molar-refractivity contribution in [2.75, 3.05) is 53.9 Å². The van der Waals surface area contributed by atoms with Crippen molar-refractivity contribution < 1.29 is 4.74 Å². The molecule has 6 nitrogen and oxygen atoms in total. The maximum Gasteiger partial charge on any atom is 0.193 e. The van der Waals surface area contributed by atoms with Crippen molar-refractivity contribution in [3.8, 4) is 0 Å². The van der Waals surface area contributed by atoms with Crippen molar-refractivity contribution in [2.45, 2.75) is 37.6 Å². The fourth-order valence-corrected chi connectivity index (χ4v) is 4.73. The molecule has 3 unspecified atom stereocenters. The Balaban J connectivity index is 0.00000240.